The van der Waals surface area contributed by atoms with Crippen molar-refractivity contribution in [1.82, 2.24) is 19.7 Å². The van der Waals surface area contributed by atoms with E-state index in [2.05, 4.69) is 31.8 Å². The molecule has 0 fully saturated rings. The second-order valence-corrected chi connectivity index (χ2v) is 5.71. The fourth-order valence-electron chi connectivity index (χ4n) is 2.63. The second kappa shape index (κ2) is 6.53. The van der Waals surface area contributed by atoms with Gasteiger partial charge in [0.15, 0.2) is 5.65 Å². The number of nitriles is 1. The first-order valence-corrected chi connectivity index (χ1v) is 8.02. The minimum atomic E-state index is 0.426. The third kappa shape index (κ3) is 3.03. The lowest BCUT2D eigenvalue weighted by Crippen LogP contribution is -2.03. The molecule has 126 valence electrons. The van der Waals surface area contributed by atoms with Gasteiger partial charge in [0.25, 0.3) is 0 Å². The van der Waals surface area contributed by atoms with E-state index in [1.54, 1.807) is 23.0 Å². The average Bonchev–Trinajstić information content (AvgIpc) is 3.04. The van der Waals surface area contributed by atoms with Gasteiger partial charge in [0.05, 0.1) is 23.2 Å². The molecule has 2 aromatic carbocycles. The van der Waals surface area contributed by atoms with Crippen molar-refractivity contribution in [2.24, 2.45) is 7.05 Å². The molecule has 0 radical (unpaired) electrons. The highest BCUT2D eigenvalue weighted by atomic mass is 15.3. The Morgan fingerprint density at radius 2 is 1.77 bits per heavy atom. The highest BCUT2D eigenvalue weighted by Gasteiger charge is 2.12. The zero-order valence-corrected chi connectivity index (χ0v) is 14.0. The number of aryl methyl sites for hydroxylation is 1. The standard InChI is InChI=1S/C19H15N7/c1-26-18-16(12-21-26)17(22-14-7-3-2-4-8-14)24-19(25-18)23-15-9-5-6-13(10-15)11-20/h2-10,12H,1H3,(H2,22,23,24,25). The molecule has 2 heterocycles. The second-order valence-electron chi connectivity index (χ2n) is 5.71. The van der Waals surface area contributed by atoms with E-state index in [-0.39, 0.29) is 0 Å². The van der Waals surface area contributed by atoms with Crippen molar-refractivity contribution < 1.29 is 0 Å². The number of hydrogen-bond donors (Lipinski definition) is 2. The van der Waals surface area contributed by atoms with Crippen LogP contribution in [0.3, 0.4) is 0 Å². The first kappa shape index (κ1) is 15.6. The Kier molecular flexibility index (Phi) is 3.92. The van der Waals surface area contributed by atoms with Gasteiger partial charge in [-0.1, -0.05) is 24.3 Å². The molecule has 26 heavy (non-hydrogen) atoms. The maximum Gasteiger partial charge on any atom is 0.231 e. The zero-order valence-electron chi connectivity index (χ0n) is 14.0. The summed E-state index contributed by atoms with van der Waals surface area (Å²) in [6, 6.07) is 19.1. The average molecular weight is 341 g/mol. The van der Waals surface area contributed by atoms with E-state index in [1.807, 2.05) is 49.5 Å². The van der Waals surface area contributed by atoms with E-state index in [4.69, 9.17) is 5.26 Å². The molecule has 4 aromatic rings. The summed E-state index contributed by atoms with van der Waals surface area (Å²) in [5.41, 5.74) is 2.95. The lowest BCUT2D eigenvalue weighted by atomic mass is 10.2. The van der Waals surface area contributed by atoms with Gasteiger partial charge in [0.2, 0.25) is 5.95 Å². The monoisotopic (exact) mass is 341 g/mol. The van der Waals surface area contributed by atoms with Gasteiger partial charge < -0.3 is 10.6 Å². The molecule has 0 aliphatic rings. The lowest BCUT2D eigenvalue weighted by Gasteiger charge is -2.10. The summed E-state index contributed by atoms with van der Waals surface area (Å²) in [4.78, 5) is 9.13. The molecule has 0 spiro atoms. The normalized spacial score (nSPS) is 10.5. The molecule has 0 bridgehead atoms. The van der Waals surface area contributed by atoms with Crippen LogP contribution < -0.4 is 10.6 Å². The fraction of sp³-hybridized carbons (Fsp3) is 0.0526. The Hall–Kier alpha value is -3.92. The van der Waals surface area contributed by atoms with Crippen molar-refractivity contribution >= 4 is 34.2 Å². The number of fused-ring (bicyclic) bond motifs is 1. The highest BCUT2D eigenvalue weighted by Crippen LogP contribution is 2.26. The molecule has 0 unspecified atom stereocenters. The predicted octanol–water partition coefficient (Wildman–Crippen LogP) is 3.72. The molecule has 2 aromatic heterocycles. The van der Waals surface area contributed by atoms with Gasteiger partial charge >= 0.3 is 0 Å². The van der Waals surface area contributed by atoms with Crippen LogP contribution in [-0.4, -0.2) is 19.7 Å². The van der Waals surface area contributed by atoms with Gasteiger partial charge in [0, 0.05) is 18.4 Å². The van der Waals surface area contributed by atoms with Gasteiger partial charge in [-0.3, -0.25) is 4.68 Å². The topological polar surface area (TPSA) is 91.5 Å². The van der Waals surface area contributed by atoms with E-state index >= 15 is 0 Å². The number of rotatable bonds is 4. The summed E-state index contributed by atoms with van der Waals surface area (Å²) in [5, 5.41) is 20.6. The Morgan fingerprint density at radius 1 is 0.962 bits per heavy atom. The summed E-state index contributed by atoms with van der Waals surface area (Å²) < 4.78 is 1.70. The third-order valence-electron chi connectivity index (χ3n) is 3.88. The molecular formula is C19H15N7. The van der Waals surface area contributed by atoms with Crippen LogP contribution in [0.25, 0.3) is 11.0 Å². The van der Waals surface area contributed by atoms with Crippen molar-refractivity contribution in [2.75, 3.05) is 10.6 Å². The van der Waals surface area contributed by atoms with Gasteiger partial charge in [0.1, 0.15) is 5.82 Å². The molecular weight excluding hydrogens is 326 g/mol. The zero-order chi connectivity index (χ0) is 17.9. The number of anilines is 4. The Balaban J connectivity index is 1.75. The van der Waals surface area contributed by atoms with Gasteiger partial charge in [-0.05, 0) is 30.3 Å². The molecule has 0 saturated heterocycles. The van der Waals surface area contributed by atoms with E-state index in [0.29, 0.717) is 23.0 Å². The first-order valence-electron chi connectivity index (χ1n) is 8.02. The van der Waals surface area contributed by atoms with E-state index in [0.717, 1.165) is 16.8 Å². The molecule has 0 aliphatic carbocycles. The molecule has 0 saturated carbocycles. The van der Waals surface area contributed by atoms with Crippen molar-refractivity contribution in [3.63, 3.8) is 0 Å². The summed E-state index contributed by atoms with van der Waals surface area (Å²) in [7, 11) is 1.84. The molecule has 7 heteroatoms. The Bertz CT molecular complexity index is 1110. The SMILES string of the molecule is Cn1ncc2c(Nc3ccccc3)nc(Nc3cccc(C#N)c3)nc21. The number of benzene rings is 2. The summed E-state index contributed by atoms with van der Waals surface area (Å²) in [6.45, 7) is 0. The highest BCUT2D eigenvalue weighted by molar-refractivity contribution is 5.89. The van der Waals surface area contributed by atoms with Crippen molar-refractivity contribution in [1.29, 1.82) is 5.26 Å². The maximum absolute atomic E-state index is 9.06. The van der Waals surface area contributed by atoms with Crippen molar-refractivity contribution in [3.8, 4) is 6.07 Å². The molecule has 2 N–H and O–H groups in total. The van der Waals surface area contributed by atoms with Gasteiger partial charge in [-0.2, -0.15) is 20.3 Å². The molecule has 0 atom stereocenters. The largest absolute Gasteiger partial charge is 0.339 e. The Morgan fingerprint density at radius 3 is 2.58 bits per heavy atom. The predicted molar refractivity (Wildman–Crippen MR) is 100 cm³/mol. The van der Waals surface area contributed by atoms with Gasteiger partial charge in [-0.15, -0.1) is 0 Å². The number of nitrogens with one attached hydrogen (secondary N) is 2. The van der Waals surface area contributed by atoms with E-state index in [1.165, 1.54) is 0 Å². The minimum absolute atomic E-state index is 0.426. The summed E-state index contributed by atoms with van der Waals surface area (Å²) in [5.74, 6) is 1.09. The number of aromatic nitrogens is 4. The Labute approximate surface area is 149 Å². The van der Waals surface area contributed by atoms with E-state index in [9.17, 15) is 0 Å². The maximum atomic E-state index is 9.06. The van der Waals surface area contributed by atoms with Crippen LogP contribution in [-0.2, 0) is 7.05 Å². The van der Waals surface area contributed by atoms with Crippen LogP contribution in [0.4, 0.5) is 23.1 Å². The van der Waals surface area contributed by atoms with Crippen LogP contribution >= 0.6 is 0 Å². The minimum Gasteiger partial charge on any atom is -0.339 e. The van der Waals surface area contributed by atoms with Crippen LogP contribution in [0.1, 0.15) is 5.56 Å². The van der Waals surface area contributed by atoms with Crippen LogP contribution in [0.5, 0.6) is 0 Å². The fourth-order valence-corrected chi connectivity index (χ4v) is 2.63. The number of para-hydroxylation sites is 1. The number of nitrogens with zero attached hydrogens (tertiary/aromatic N) is 5. The summed E-state index contributed by atoms with van der Waals surface area (Å²) >= 11 is 0. The van der Waals surface area contributed by atoms with Crippen LogP contribution in [0, 0.1) is 11.3 Å². The third-order valence-corrected chi connectivity index (χ3v) is 3.88. The lowest BCUT2D eigenvalue weighted by molar-refractivity contribution is 0.786. The molecule has 4 rings (SSSR count). The number of hydrogen-bond acceptors (Lipinski definition) is 6. The van der Waals surface area contributed by atoms with Crippen molar-refractivity contribution in [3.05, 3.63) is 66.4 Å². The molecule has 7 nitrogen and oxygen atoms in total. The molecule has 0 amide bonds. The molecule has 0 aliphatic heterocycles. The smallest absolute Gasteiger partial charge is 0.231 e. The van der Waals surface area contributed by atoms with Gasteiger partial charge in [-0.25, -0.2) is 0 Å². The van der Waals surface area contributed by atoms with E-state index < -0.39 is 0 Å². The summed E-state index contributed by atoms with van der Waals surface area (Å²) in [6.07, 6.45) is 1.74. The quantitative estimate of drug-likeness (QED) is 0.588. The first-order chi connectivity index (χ1) is 12.7. The van der Waals surface area contributed by atoms with Crippen LogP contribution in [0.2, 0.25) is 0 Å². The van der Waals surface area contributed by atoms with Crippen LogP contribution in [0.15, 0.2) is 60.8 Å². The van der Waals surface area contributed by atoms with Crippen molar-refractivity contribution in [2.45, 2.75) is 0 Å².